The first kappa shape index (κ1) is 59.1. The van der Waals surface area contributed by atoms with Crippen LogP contribution in [0.15, 0.2) is 61.9 Å². The van der Waals surface area contributed by atoms with E-state index in [1.807, 2.05) is 0 Å². The molecule has 19 nitrogen and oxygen atoms in total. The first-order chi connectivity index (χ1) is 22.7. The van der Waals surface area contributed by atoms with Crippen molar-refractivity contribution in [2.24, 2.45) is 0 Å². The largest absolute Gasteiger partial charge is 1.00 e. The minimum atomic E-state index is -5.52. The summed E-state index contributed by atoms with van der Waals surface area (Å²) in [5, 5.41) is 12.7. The molecule has 0 radical (unpaired) electrons. The van der Waals surface area contributed by atoms with Gasteiger partial charge in [0.1, 0.15) is 25.5 Å². The number of rotatable bonds is 10. The van der Waals surface area contributed by atoms with Crippen molar-refractivity contribution in [1.29, 1.82) is 0 Å². The van der Waals surface area contributed by atoms with Crippen molar-refractivity contribution in [1.82, 2.24) is 4.98 Å². The number of hydrogen-bond donors (Lipinski definition) is 2. The van der Waals surface area contributed by atoms with Gasteiger partial charge in [0, 0.05) is 34.1 Å². The number of carboxylic acids is 1. The molecule has 55 heavy (non-hydrogen) atoms. The van der Waals surface area contributed by atoms with E-state index in [1.165, 1.54) is 30.6 Å². The van der Waals surface area contributed by atoms with Gasteiger partial charge in [-0.15, -0.1) is 24.3 Å². The summed E-state index contributed by atoms with van der Waals surface area (Å²) >= 11 is 0. The topological polar surface area (TPSA) is 349 Å². The van der Waals surface area contributed by atoms with Gasteiger partial charge < -0.3 is 44.4 Å². The van der Waals surface area contributed by atoms with Crippen LogP contribution in [-0.4, -0.2) is 81.2 Å². The molecule has 1 aliphatic rings. The van der Waals surface area contributed by atoms with E-state index in [-0.39, 0.29) is 175 Å². The summed E-state index contributed by atoms with van der Waals surface area (Å²) in [6.45, 7) is 0. The molecular formula is C27H16N2Na5O17S4-. The quantitative estimate of drug-likeness (QED) is 0.0747. The fourth-order valence-corrected chi connectivity index (χ4v) is 7.64. The second kappa shape index (κ2) is 23.6. The number of anilines is 2. The monoisotopic (exact) mass is 883 g/mol. The molecule has 0 saturated heterocycles. The Hall–Kier alpha value is -0.170. The van der Waals surface area contributed by atoms with Crippen LogP contribution in [0.4, 0.5) is 11.4 Å². The Morgan fingerprint density at radius 3 is 1.87 bits per heavy atom. The van der Waals surface area contributed by atoms with Crippen LogP contribution in [0.1, 0.15) is 34.3 Å². The smallest absolute Gasteiger partial charge is 0.870 e. The Bertz CT molecular complexity index is 2630. The summed E-state index contributed by atoms with van der Waals surface area (Å²) in [6.07, 6.45) is 0.425. The molecule has 0 atom stereocenters. The Morgan fingerprint density at radius 2 is 1.38 bits per heavy atom. The number of nitrogens with one attached hydrogen (secondary N) is 2. The maximum absolute atomic E-state index is 13.8. The molecule has 0 amide bonds. The van der Waals surface area contributed by atoms with Gasteiger partial charge in [-0.2, -0.15) is 12.1 Å². The van der Waals surface area contributed by atoms with Crippen molar-refractivity contribution in [2.75, 3.05) is 11.1 Å². The van der Waals surface area contributed by atoms with Gasteiger partial charge in [-0.05, 0) is 34.1 Å². The zero-order valence-corrected chi connectivity index (χ0v) is 42.5. The third-order valence-electron chi connectivity index (χ3n) is 6.86. The normalized spacial score (nSPS) is 11.1. The summed E-state index contributed by atoms with van der Waals surface area (Å²) < 4.78 is 125. The number of carboxylic acid groups (broad SMARTS) is 1. The second-order valence-corrected chi connectivity index (χ2v) is 15.0. The number of H-pyrrole nitrogens is 1. The average Bonchev–Trinajstić information content (AvgIpc) is 2.98. The van der Waals surface area contributed by atoms with E-state index >= 15 is 0 Å². The maximum Gasteiger partial charge on any atom is 1.00 e. The summed E-state index contributed by atoms with van der Waals surface area (Å²) in [5.41, 5.74) is -4.48. The van der Waals surface area contributed by atoms with Crippen LogP contribution < -0.4 is 164 Å². The number of fused-ring (bicyclic) bond motifs is 2. The SMILES string of the molecule is O=S(=O)=O.O=[C-]c1c2c3c(c(Nc4[c-]cc(S(=O)(=O)CCCC(=O)[O-])cc4S(=O)(=O)[O-])cc(S(=O)(=O)[O-])c3[nH]c1=O)C(=O)c1ccccc1-2.[Na+].[Na+].[Na+].[Na+].[Na+].[OH-]. The van der Waals surface area contributed by atoms with Gasteiger partial charge in [0.25, 0.3) is 0 Å². The molecule has 1 aliphatic carbocycles. The number of aromatic nitrogens is 1. The standard InChI is InChI=1S/C27H18N2O13S3.5Na.O3S.H2O/c30-12-16-22-14-4-1-2-5-15(14)26(33)23-18(11-20(45(40,41)42)25(24(22)23)29-27(16)34)28-17-8-7-13(10-19(17)44(37,38)39)43(35,36)9-3-6-21(31)32;;;;;;1-4(2)3;/h1-2,4-5,7,10-11,28H,3,6,9H2,(H,29,34)(H,31,32)(H,37,38,39)(H,40,41,42);;;;;;;1H2/q-2;5*+1;;/p-4. The number of pyridine rings is 1. The molecule has 1 heterocycles. The van der Waals surface area contributed by atoms with Crippen LogP contribution in [0.5, 0.6) is 0 Å². The average molecular weight is 884 g/mol. The number of ketones is 1. The Labute approximate surface area is 424 Å². The third kappa shape index (κ3) is 13.7. The molecule has 0 bridgehead atoms. The van der Waals surface area contributed by atoms with Gasteiger partial charge in [-0.1, -0.05) is 41.1 Å². The Kier molecular flexibility index (Phi) is 25.4. The zero-order valence-electron chi connectivity index (χ0n) is 29.3. The van der Waals surface area contributed by atoms with E-state index in [0.717, 1.165) is 6.07 Å². The number of benzene rings is 3. The van der Waals surface area contributed by atoms with Crippen LogP contribution in [0.2, 0.25) is 0 Å². The van der Waals surface area contributed by atoms with E-state index in [2.05, 4.69) is 16.4 Å². The Balaban J connectivity index is -0.00000258. The van der Waals surface area contributed by atoms with Gasteiger partial charge in [0.2, 0.25) is 0 Å². The van der Waals surface area contributed by atoms with Gasteiger partial charge >= 0.3 is 158 Å². The van der Waals surface area contributed by atoms with E-state index in [1.54, 1.807) is 0 Å². The minimum absolute atomic E-state index is 0. The van der Waals surface area contributed by atoms with Gasteiger partial charge in [-0.3, -0.25) is 13.2 Å². The second-order valence-electron chi connectivity index (χ2n) is 9.83. The number of hydrogen-bond acceptors (Lipinski definition) is 18. The molecule has 5 rings (SSSR count). The molecular weight excluding hydrogens is 868 g/mol. The molecule has 0 aliphatic heterocycles. The van der Waals surface area contributed by atoms with Gasteiger partial charge in [-0.25, -0.2) is 16.8 Å². The van der Waals surface area contributed by atoms with Crippen molar-refractivity contribution in [2.45, 2.75) is 27.5 Å². The molecule has 0 fully saturated rings. The van der Waals surface area contributed by atoms with Crippen LogP contribution in [-0.2, 0) is 50.3 Å². The molecule has 28 heteroatoms. The molecule has 0 spiro atoms. The summed E-state index contributed by atoms with van der Waals surface area (Å²) in [6, 6.07) is 9.68. The van der Waals surface area contributed by atoms with Crippen molar-refractivity contribution in [3.05, 3.63) is 75.6 Å². The summed E-state index contributed by atoms with van der Waals surface area (Å²) in [4.78, 5) is 48.2. The van der Waals surface area contributed by atoms with Crippen molar-refractivity contribution in [3.8, 4) is 11.1 Å². The van der Waals surface area contributed by atoms with Crippen molar-refractivity contribution >= 4 is 81.0 Å². The predicted octanol–water partition coefficient (Wildman–Crippen LogP) is -16.3. The molecule has 266 valence electrons. The van der Waals surface area contributed by atoms with E-state index in [0.29, 0.717) is 12.1 Å². The number of sulfone groups is 1. The molecule has 0 saturated carbocycles. The fourth-order valence-electron chi connectivity index (χ4n) is 4.97. The van der Waals surface area contributed by atoms with Crippen LogP contribution in [0.3, 0.4) is 0 Å². The molecule has 3 N–H and O–H groups in total. The van der Waals surface area contributed by atoms with E-state index in [4.69, 9.17) is 12.6 Å². The number of carbonyl (C=O) groups is 2. The molecule has 0 unspecified atom stereocenters. The fraction of sp³-hybridized carbons (Fsp3) is 0.111. The first-order valence-corrected chi connectivity index (χ1v) is 18.4. The third-order valence-corrected chi connectivity index (χ3v) is 10.4. The van der Waals surface area contributed by atoms with Gasteiger partial charge in [0.15, 0.2) is 5.78 Å². The van der Waals surface area contributed by atoms with Crippen LogP contribution in [0.25, 0.3) is 22.0 Å². The molecule has 1 aromatic heterocycles. The van der Waals surface area contributed by atoms with Crippen molar-refractivity contribution in [3.63, 3.8) is 0 Å². The van der Waals surface area contributed by atoms with Crippen LogP contribution >= 0.6 is 0 Å². The molecule has 4 aromatic rings. The molecule has 3 aromatic carbocycles. The van der Waals surface area contributed by atoms with Crippen molar-refractivity contribution < 1.29 is 220 Å². The minimum Gasteiger partial charge on any atom is -0.870 e. The maximum atomic E-state index is 13.8. The van der Waals surface area contributed by atoms with E-state index in [9.17, 15) is 58.6 Å². The summed E-state index contributed by atoms with van der Waals surface area (Å²) in [5.74, 6) is -3.12. The van der Waals surface area contributed by atoms with Gasteiger partial charge in [0.05, 0.1) is 21.3 Å². The summed E-state index contributed by atoms with van der Waals surface area (Å²) in [7, 11) is -18.4. The predicted molar refractivity (Wildman–Crippen MR) is 161 cm³/mol. The van der Waals surface area contributed by atoms with E-state index < -0.39 is 119 Å². The number of aliphatic carboxylic acids is 1. The Morgan fingerprint density at radius 1 is 0.855 bits per heavy atom. The van der Waals surface area contributed by atoms with Crippen LogP contribution in [0, 0.1) is 6.07 Å². The number of aromatic amines is 1. The number of carbonyl (C=O) groups excluding carboxylic acids is 3. The zero-order chi connectivity index (χ0) is 36.6. The first-order valence-electron chi connectivity index (χ1n) is 12.9.